The lowest BCUT2D eigenvalue weighted by Gasteiger charge is -2.14. The summed E-state index contributed by atoms with van der Waals surface area (Å²) in [5, 5.41) is 3.51. The van der Waals surface area contributed by atoms with Crippen molar-refractivity contribution in [1.82, 2.24) is 0 Å². The van der Waals surface area contributed by atoms with E-state index in [9.17, 15) is 0 Å². The molecular formula is C30H31NO2. The lowest BCUT2D eigenvalue weighted by Crippen LogP contribution is -2.05. The number of benzene rings is 4. The number of hydrogen-bond donors (Lipinski definition) is 1. The van der Waals surface area contributed by atoms with E-state index in [1.165, 1.54) is 16.7 Å². The molecule has 4 aromatic rings. The van der Waals surface area contributed by atoms with Crippen LogP contribution < -0.4 is 14.8 Å². The van der Waals surface area contributed by atoms with Crippen LogP contribution in [0.3, 0.4) is 0 Å². The van der Waals surface area contributed by atoms with Crippen molar-refractivity contribution in [3.63, 3.8) is 0 Å². The zero-order valence-electron chi connectivity index (χ0n) is 19.0. The molecule has 168 valence electrons. The largest absolute Gasteiger partial charge is 0.493 e. The van der Waals surface area contributed by atoms with Gasteiger partial charge in [0.2, 0.25) is 0 Å². The highest BCUT2D eigenvalue weighted by atomic mass is 16.5. The van der Waals surface area contributed by atoms with Gasteiger partial charge >= 0.3 is 0 Å². The van der Waals surface area contributed by atoms with Crippen LogP contribution in [0.25, 0.3) is 0 Å². The smallest absolute Gasteiger partial charge is 0.142 e. The van der Waals surface area contributed by atoms with Gasteiger partial charge in [-0.1, -0.05) is 84.9 Å². The number of hydrogen-bond acceptors (Lipinski definition) is 3. The van der Waals surface area contributed by atoms with E-state index in [2.05, 4.69) is 78.1 Å². The van der Waals surface area contributed by atoms with Crippen LogP contribution >= 0.6 is 0 Å². The normalized spacial score (nSPS) is 10.5. The van der Waals surface area contributed by atoms with Crippen molar-refractivity contribution in [2.75, 3.05) is 18.5 Å². The Morgan fingerprint density at radius 2 is 1.15 bits per heavy atom. The average molecular weight is 438 g/mol. The second kappa shape index (κ2) is 12.4. The summed E-state index contributed by atoms with van der Waals surface area (Å²) in [7, 11) is 0. The van der Waals surface area contributed by atoms with Crippen LogP contribution in [0.2, 0.25) is 0 Å². The first-order valence-electron chi connectivity index (χ1n) is 11.6. The van der Waals surface area contributed by atoms with Gasteiger partial charge in [-0.25, -0.2) is 0 Å². The molecule has 0 radical (unpaired) electrons. The van der Waals surface area contributed by atoms with Crippen LogP contribution in [-0.2, 0) is 19.4 Å². The molecule has 0 saturated heterocycles. The fourth-order valence-corrected chi connectivity index (χ4v) is 3.67. The van der Waals surface area contributed by atoms with E-state index in [0.717, 1.165) is 43.0 Å². The van der Waals surface area contributed by atoms with Crippen LogP contribution in [0.15, 0.2) is 109 Å². The van der Waals surface area contributed by atoms with Gasteiger partial charge in [-0.05, 0) is 53.8 Å². The Bertz CT molecular complexity index is 1080. The molecule has 0 bridgehead atoms. The summed E-state index contributed by atoms with van der Waals surface area (Å²) < 4.78 is 12.0. The fraction of sp³-hybridized carbons (Fsp3) is 0.200. The Balaban J connectivity index is 1.21. The highest BCUT2D eigenvalue weighted by molar-refractivity contribution is 5.56. The van der Waals surface area contributed by atoms with Gasteiger partial charge in [0, 0.05) is 13.0 Å². The molecule has 0 atom stereocenters. The minimum Gasteiger partial charge on any atom is -0.493 e. The summed E-state index contributed by atoms with van der Waals surface area (Å²) >= 11 is 0. The SMILES string of the molecule is c1ccc(CCCOc2ccccc2NCc2ccc(OCCc3ccccc3)cc2)cc1. The molecule has 0 heterocycles. The number of rotatable bonds is 12. The first-order valence-corrected chi connectivity index (χ1v) is 11.6. The minimum atomic E-state index is 0.677. The number of anilines is 1. The summed E-state index contributed by atoms with van der Waals surface area (Å²) in [4.78, 5) is 0. The summed E-state index contributed by atoms with van der Waals surface area (Å²) in [5.74, 6) is 1.79. The van der Waals surface area contributed by atoms with Crippen molar-refractivity contribution in [2.45, 2.75) is 25.8 Å². The van der Waals surface area contributed by atoms with E-state index in [1.54, 1.807) is 0 Å². The van der Waals surface area contributed by atoms with Gasteiger partial charge < -0.3 is 14.8 Å². The molecule has 0 fully saturated rings. The van der Waals surface area contributed by atoms with Crippen LogP contribution in [0.1, 0.15) is 23.1 Å². The summed E-state index contributed by atoms with van der Waals surface area (Å²) in [6, 6.07) is 37.4. The van der Waals surface area contributed by atoms with Crippen LogP contribution in [0.4, 0.5) is 5.69 Å². The summed E-state index contributed by atoms with van der Waals surface area (Å²) in [6.07, 6.45) is 2.92. The predicted molar refractivity (Wildman–Crippen MR) is 136 cm³/mol. The lowest BCUT2D eigenvalue weighted by molar-refractivity contribution is 0.312. The van der Waals surface area contributed by atoms with E-state index in [1.807, 2.05) is 36.4 Å². The molecule has 0 unspecified atom stereocenters. The molecular weight excluding hydrogens is 406 g/mol. The Morgan fingerprint density at radius 1 is 0.515 bits per heavy atom. The van der Waals surface area contributed by atoms with Crippen LogP contribution in [0.5, 0.6) is 11.5 Å². The third kappa shape index (κ3) is 7.43. The van der Waals surface area contributed by atoms with E-state index in [-0.39, 0.29) is 0 Å². The molecule has 0 spiro atoms. The first-order chi connectivity index (χ1) is 16.4. The Hall–Kier alpha value is -3.72. The molecule has 33 heavy (non-hydrogen) atoms. The van der Waals surface area contributed by atoms with Crippen molar-refractivity contribution < 1.29 is 9.47 Å². The molecule has 0 saturated carbocycles. The molecule has 0 amide bonds. The molecule has 1 N–H and O–H groups in total. The number of aryl methyl sites for hydroxylation is 1. The Labute approximate surface area is 197 Å². The third-order valence-corrected chi connectivity index (χ3v) is 5.51. The third-order valence-electron chi connectivity index (χ3n) is 5.51. The Morgan fingerprint density at radius 3 is 1.88 bits per heavy atom. The van der Waals surface area contributed by atoms with Crippen molar-refractivity contribution >= 4 is 5.69 Å². The fourth-order valence-electron chi connectivity index (χ4n) is 3.67. The molecule has 4 rings (SSSR count). The number of ether oxygens (including phenoxy) is 2. The van der Waals surface area contributed by atoms with Gasteiger partial charge in [0.1, 0.15) is 11.5 Å². The van der Waals surface area contributed by atoms with Crippen LogP contribution in [0, 0.1) is 0 Å². The van der Waals surface area contributed by atoms with E-state index >= 15 is 0 Å². The monoisotopic (exact) mass is 437 g/mol. The maximum atomic E-state index is 6.06. The summed E-state index contributed by atoms with van der Waals surface area (Å²) in [5.41, 5.74) is 4.85. The maximum Gasteiger partial charge on any atom is 0.142 e. The molecule has 0 aromatic heterocycles. The van der Waals surface area contributed by atoms with E-state index in [0.29, 0.717) is 13.2 Å². The predicted octanol–water partition coefficient (Wildman–Crippen LogP) is 6.93. The standard InChI is InChI=1S/C30H31NO2/c1-3-10-25(11-4-1)14-9-22-33-30-16-8-7-15-29(30)31-24-27-17-19-28(20-18-27)32-23-21-26-12-5-2-6-13-26/h1-8,10-13,15-20,31H,9,14,21-24H2. The molecule has 0 aliphatic rings. The topological polar surface area (TPSA) is 30.5 Å². The maximum absolute atomic E-state index is 6.06. The van der Waals surface area contributed by atoms with Gasteiger partial charge in [0.15, 0.2) is 0 Å². The highest BCUT2D eigenvalue weighted by Gasteiger charge is 2.04. The average Bonchev–Trinajstić information content (AvgIpc) is 2.88. The van der Waals surface area contributed by atoms with Gasteiger partial charge in [0.05, 0.1) is 18.9 Å². The van der Waals surface area contributed by atoms with Gasteiger partial charge in [-0.3, -0.25) is 0 Å². The summed E-state index contributed by atoms with van der Waals surface area (Å²) in [6.45, 7) is 2.11. The highest BCUT2D eigenvalue weighted by Crippen LogP contribution is 2.25. The van der Waals surface area contributed by atoms with Gasteiger partial charge in [0.25, 0.3) is 0 Å². The molecule has 4 aromatic carbocycles. The lowest BCUT2D eigenvalue weighted by atomic mass is 10.1. The zero-order chi connectivity index (χ0) is 22.6. The minimum absolute atomic E-state index is 0.677. The van der Waals surface area contributed by atoms with Gasteiger partial charge in [-0.15, -0.1) is 0 Å². The molecule has 0 aliphatic carbocycles. The quantitative estimate of drug-likeness (QED) is 0.244. The zero-order valence-corrected chi connectivity index (χ0v) is 19.0. The molecule has 0 aliphatic heterocycles. The van der Waals surface area contributed by atoms with Crippen molar-refractivity contribution in [3.8, 4) is 11.5 Å². The van der Waals surface area contributed by atoms with Crippen molar-refractivity contribution in [1.29, 1.82) is 0 Å². The first kappa shape index (κ1) is 22.5. The van der Waals surface area contributed by atoms with E-state index < -0.39 is 0 Å². The number of para-hydroxylation sites is 2. The van der Waals surface area contributed by atoms with Crippen molar-refractivity contribution in [2.24, 2.45) is 0 Å². The van der Waals surface area contributed by atoms with Crippen LogP contribution in [-0.4, -0.2) is 13.2 Å². The second-order valence-electron chi connectivity index (χ2n) is 8.02. The van der Waals surface area contributed by atoms with Crippen molar-refractivity contribution in [3.05, 3.63) is 126 Å². The molecule has 3 nitrogen and oxygen atoms in total. The van der Waals surface area contributed by atoms with Gasteiger partial charge in [-0.2, -0.15) is 0 Å². The molecule has 3 heteroatoms. The Kier molecular flexibility index (Phi) is 8.41. The second-order valence-corrected chi connectivity index (χ2v) is 8.02. The number of nitrogens with one attached hydrogen (secondary N) is 1. The van der Waals surface area contributed by atoms with E-state index in [4.69, 9.17) is 9.47 Å².